The molecule has 6 nitrogen and oxygen atoms in total. The Balaban J connectivity index is 0.00000264. The van der Waals surface area contributed by atoms with E-state index in [2.05, 4.69) is 33.2 Å². The van der Waals surface area contributed by atoms with Crippen LogP contribution in [0.1, 0.15) is 25.3 Å². The van der Waals surface area contributed by atoms with E-state index in [9.17, 15) is 4.79 Å². The van der Waals surface area contributed by atoms with Gasteiger partial charge in [-0.15, -0.1) is 12.4 Å². The molecule has 0 saturated carbocycles. The second-order valence-corrected chi connectivity index (χ2v) is 5.93. The summed E-state index contributed by atoms with van der Waals surface area (Å²) < 4.78 is 0. The Morgan fingerprint density at radius 3 is 2.74 bits per heavy atom. The first kappa shape index (κ1) is 19.7. The number of carbonyl (C=O) groups excluding carboxylic acids is 1. The first-order valence-electron chi connectivity index (χ1n) is 8.02. The van der Waals surface area contributed by atoms with Gasteiger partial charge in [0.1, 0.15) is 5.82 Å². The zero-order chi connectivity index (χ0) is 15.9. The van der Waals surface area contributed by atoms with E-state index in [1.54, 1.807) is 6.20 Å². The zero-order valence-electron chi connectivity index (χ0n) is 14.0. The Labute approximate surface area is 144 Å². The van der Waals surface area contributed by atoms with Crippen molar-refractivity contribution in [1.29, 1.82) is 0 Å². The molecule has 1 fully saturated rings. The Morgan fingerprint density at radius 2 is 2.09 bits per heavy atom. The Morgan fingerprint density at radius 1 is 1.39 bits per heavy atom. The van der Waals surface area contributed by atoms with Crippen LogP contribution in [-0.4, -0.2) is 55.1 Å². The predicted octanol–water partition coefficient (Wildman–Crippen LogP) is 0.999. The van der Waals surface area contributed by atoms with Gasteiger partial charge in [-0.3, -0.25) is 4.79 Å². The van der Waals surface area contributed by atoms with Gasteiger partial charge >= 0.3 is 0 Å². The van der Waals surface area contributed by atoms with Crippen LogP contribution in [0.5, 0.6) is 0 Å². The number of hydrogen-bond donors (Lipinski definition) is 2. The minimum atomic E-state index is -0.413. The average Bonchev–Trinajstić information content (AvgIpc) is 2.54. The van der Waals surface area contributed by atoms with Crippen molar-refractivity contribution in [2.45, 2.75) is 32.4 Å². The van der Waals surface area contributed by atoms with Gasteiger partial charge < -0.3 is 20.9 Å². The molecular weight excluding hydrogens is 314 g/mol. The van der Waals surface area contributed by atoms with Crippen molar-refractivity contribution in [3.63, 3.8) is 0 Å². The van der Waals surface area contributed by atoms with Crippen molar-refractivity contribution in [2.75, 3.05) is 38.1 Å². The lowest BCUT2D eigenvalue weighted by Gasteiger charge is -2.33. The van der Waals surface area contributed by atoms with Crippen molar-refractivity contribution in [1.82, 2.24) is 15.2 Å². The molecule has 130 valence electrons. The van der Waals surface area contributed by atoms with E-state index >= 15 is 0 Å². The number of nitrogens with two attached hydrogens (primary N) is 1. The maximum atomic E-state index is 11.9. The molecule has 2 heterocycles. The van der Waals surface area contributed by atoms with E-state index in [0.29, 0.717) is 13.0 Å². The van der Waals surface area contributed by atoms with Gasteiger partial charge in [-0.1, -0.05) is 13.3 Å². The summed E-state index contributed by atoms with van der Waals surface area (Å²) in [5.74, 6) is 0.900. The normalized spacial score (nSPS) is 16.6. The monoisotopic (exact) mass is 341 g/mol. The van der Waals surface area contributed by atoms with Gasteiger partial charge in [-0.05, 0) is 31.2 Å². The van der Waals surface area contributed by atoms with Crippen molar-refractivity contribution < 1.29 is 4.79 Å². The number of nitrogens with one attached hydrogen (secondary N) is 1. The lowest BCUT2D eigenvalue weighted by molar-refractivity contribution is -0.122. The highest BCUT2D eigenvalue weighted by molar-refractivity contribution is 5.85. The molecule has 1 aromatic rings. The van der Waals surface area contributed by atoms with E-state index in [4.69, 9.17) is 5.73 Å². The molecule has 1 amide bonds. The van der Waals surface area contributed by atoms with Crippen molar-refractivity contribution >= 4 is 24.1 Å². The highest BCUT2D eigenvalue weighted by Crippen LogP contribution is 2.14. The number of anilines is 1. The Kier molecular flexibility index (Phi) is 8.30. The number of pyridine rings is 1. The number of rotatable bonds is 6. The summed E-state index contributed by atoms with van der Waals surface area (Å²) in [6, 6.07) is 3.58. The van der Waals surface area contributed by atoms with Crippen LogP contribution < -0.4 is 16.0 Å². The standard InChI is InChI=1S/C16H27N5O.ClH/c1-3-4-14(17)16(22)19-12-13-5-6-18-15(11-13)21-9-7-20(2)8-10-21;/h5-6,11,14H,3-4,7-10,12,17H2,1-2H3,(H,19,22);1H. The highest BCUT2D eigenvalue weighted by Gasteiger charge is 2.16. The van der Waals surface area contributed by atoms with Crippen LogP contribution in [0.2, 0.25) is 0 Å². The SMILES string of the molecule is CCCC(N)C(=O)NCc1ccnc(N2CCN(C)CC2)c1.Cl. The summed E-state index contributed by atoms with van der Waals surface area (Å²) in [7, 11) is 2.14. The molecule has 1 aliphatic rings. The lowest BCUT2D eigenvalue weighted by Crippen LogP contribution is -2.44. The fraction of sp³-hybridized carbons (Fsp3) is 0.625. The van der Waals surface area contributed by atoms with Crippen LogP contribution in [0.25, 0.3) is 0 Å². The molecule has 1 aliphatic heterocycles. The summed E-state index contributed by atoms with van der Waals surface area (Å²) in [6.07, 6.45) is 3.44. The van der Waals surface area contributed by atoms with Crippen LogP contribution in [0.3, 0.4) is 0 Å². The van der Waals surface area contributed by atoms with Crippen molar-refractivity contribution in [3.8, 4) is 0 Å². The number of hydrogen-bond acceptors (Lipinski definition) is 5. The Bertz CT molecular complexity index is 491. The van der Waals surface area contributed by atoms with Gasteiger partial charge in [0.2, 0.25) is 5.91 Å². The molecule has 0 radical (unpaired) electrons. The second-order valence-electron chi connectivity index (χ2n) is 5.93. The lowest BCUT2D eigenvalue weighted by atomic mass is 10.1. The molecular formula is C16H28ClN5O. The molecule has 1 aromatic heterocycles. The number of nitrogens with zero attached hydrogens (tertiary/aromatic N) is 3. The molecule has 1 atom stereocenters. The number of carbonyl (C=O) groups is 1. The van der Waals surface area contributed by atoms with E-state index < -0.39 is 6.04 Å². The van der Waals surface area contributed by atoms with Crippen LogP contribution in [0.15, 0.2) is 18.3 Å². The van der Waals surface area contributed by atoms with Gasteiger partial charge in [-0.25, -0.2) is 4.98 Å². The highest BCUT2D eigenvalue weighted by atomic mass is 35.5. The van der Waals surface area contributed by atoms with E-state index in [1.807, 2.05) is 13.0 Å². The quantitative estimate of drug-likeness (QED) is 0.807. The average molecular weight is 342 g/mol. The second kappa shape index (κ2) is 9.70. The molecule has 3 N–H and O–H groups in total. The van der Waals surface area contributed by atoms with E-state index in [0.717, 1.165) is 44.0 Å². The number of aromatic nitrogens is 1. The fourth-order valence-electron chi connectivity index (χ4n) is 2.54. The van der Waals surface area contributed by atoms with Crippen LogP contribution >= 0.6 is 12.4 Å². The third-order valence-corrected chi connectivity index (χ3v) is 4.04. The number of amides is 1. The summed E-state index contributed by atoms with van der Waals surface area (Å²) in [5.41, 5.74) is 6.87. The first-order chi connectivity index (χ1) is 10.6. The zero-order valence-corrected chi connectivity index (χ0v) is 14.8. The molecule has 0 aliphatic carbocycles. The minimum absolute atomic E-state index is 0. The Hall–Kier alpha value is -1.37. The topological polar surface area (TPSA) is 74.5 Å². The molecule has 0 bridgehead atoms. The molecule has 2 rings (SSSR count). The maximum absolute atomic E-state index is 11.9. The van der Waals surface area contributed by atoms with Gasteiger partial charge in [0.05, 0.1) is 6.04 Å². The number of halogens is 1. The molecule has 1 unspecified atom stereocenters. The van der Waals surface area contributed by atoms with Crippen LogP contribution in [0.4, 0.5) is 5.82 Å². The van der Waals surface area contributed by atoms with Gasteiger partial charge in [0.15, 0.2) is 0 Å². The number of likely N-dealkylation sites (N-methyl/N-ethyl adjacent to an activating group) is 1. The third kappa shape index (κ3) is 5.97. The summed E-state index contributed by atoms with van der Waals surface area (Å²) in [5, 5.41) is 2.90. The van der Waals surface area contributed by atoms with Crippen LogP contribution in [0, 0.1) is 0 Å². The van der Waals surface area contributed by atoms with Crippen molar-refractivity contribution in [3.05, 3.63) is 23.9 Å². The summed E-state index contributed by atoms with van der Waals surface area (Å²) in [6.45, 7) is 6.60. The van der Waals surface area contributed by atoms with Crippen LogP contribution in [-0.2, 0) is 11.3 Å². The summed E-state index contributed by atoms with van der Waals surface area (Å²) >= 11 is 0. The third-order valence-electron chi connectivity index (χ3n) is 4.04. The van der Waals surface area contributed by atoms with E-state index in [-0.39, 0.29) is 18.3 Å². The molecule has 23 heavy (non-hydrogen) atoms. The molecule has 7 heteroatoms. The predicted molar refractivity (Wildman–Crippen MR) is 95.9 cm³/mol. The smallest absolute Gasteiger partial charge is 0.237 e. The minimum Gasteiger partial charge on any atom is -0.354 e. The van der Waals surface area contributed by atoms with Gasteiger partial charge in [-0.2, -0.15) is 0 Å². The first-order valence-corrected chi connectivity index (χ1v) is 8.02. The fourth-order valence-corrected chi connectivity index (χ4v) is 2.54. The maximum Gasteiger partial charge on any atom is 0.237 e. The van der Waals surface area contributed by atoms with Gasteiger partial charge in [0.25, 0.3) is 0 Å². The molecule has 1 saturated heterocycles. The largest absolute Gasteiger partial charge is 0.354 e. The molecule has 0 spiro atoms. The van der Waals surface area contributed by atoms with Crippen molar-refractivity contribution in [2.24, 2.45) is 5.73 Å². The molecule has 0 aromatic carbocycles. The summed E-state index contributed by atoms with van der Waals surface area (Å²) in [4.78, 5) is 20.9. The van der Waals surface area contributed by atoms with Gasteiger partial charge in [0, 0.05) is 38.9 Å². The number of piperazine rings is 1. The van der Waals surface area contributed by atoms with E-state index in [1.165, 1.54) is 0 Å².